The Morgan fingerprint density at radius 2 is 2.12 bits per heavy atom. The summed E-state index contributed by atoms with van der Waals surface area (Å²) in [5.41, 5.74) is 5.26. The van der Waals surface area contributed by atoms with Crippen molar-refractivity contribution < 1.29 is 9.53 Å². The first-order valence-electron chi connectivity index (χ1n) is 6.21. The van der Waals surface area contributed by atoms with E-state index in [0.29, 0.717) is 13.2 Å². The average Bonchev–Trinajstić information content (AvgIpc) is 2.17. The van der Waals surface area contributed by atoms with Gasteiger partial charge in [-0.2, -0.15) is 0 Å². The van der Waals surface area contributed by atoms with Crippen LogP contribution < -0.4 is 11.1 Å². The zero-order valence-corrected chi connectivity index (χ0v) is 10.1. The first-order valence-corrected chi connectivity index (χ1v) is 6.21. The van der Waals surface area contributed by atoms with E-state index in [-0.39, 0.29) is 16.9 Å². The van der Waals surface area contributed by atoms with E-state index in [1.54, 1.807) is 0 Å². The van der Waals surface area contributed by atoms with Gasteiger partial charge >= 0.3 is 0 Å². The highest BCUT2D eigenvalue weighted by Crippen LogP contribution is 2.40. The van der Waals surface area contributed by atoms with E-state index in [1.807, 2.05) is 0 Å². The minimum atomic E-state index is -0.277. The first kappa shape index (κ1) is 11.9. The summed E-state index contributed by atoms with van der Waals surface area (Å²) in [6, 6.07) is 0. The molecule has 0 radical (unpaired) electrons. The van der Waals surface area contributed by atoms with Crippen molar-refractivity contribution >= 4 is 5.91 Å². The fraction of sp³-hybridized carbons (Fsp3) is 0.917. The number of carbonyl (C=O) groups is 1. The lowest BCUT2D eigenvalue weighted by Gasteiger charge is -2.43. The Hall–Kier alpha value is -0.610. The van der Waals surface area contributed by atoms with Gasteiger partial charge in [-0.15, -0.1) is 0 Å². The van der Waals surface area contributed by atoms with Crippen molar-refractivity contribution in [2.45, 2.75) is 44.6 Å². The quantitative estimate of drug-likeness (QED) is 0.748. The average molecular weight is 226 g/mol. The molecule has 4 heteroatoms. The molecule has 92 valence electrons. The molecule has 1 unspecified atom stereocenters. The molecule has 1 atom stereocenters. The van der Waals surface area contributed by atoms with Gasteiger partial charge in [0, 0.05) is 13.2 Å². The summed E-state index contributed by atoms with van der Waals surface area (Å²) in [4.78, 5) is 12.2. The predicted molar refractivity (Wildman–Crippen MR) is 61.9 cm³/mol. The van der Waals surface area contributed by atoms with E-state index in [9.17, 15) is 4.79 Å². The van der Waals surface area contributed by atoms with Crippen LogP contribution in [-0.2, 0) is 9.53 Å². The summed E-state index contributed by atoms with van der Waals surface area (Å²) in [6.45, 7) is 3.97. The number of carbonyl (C=O) groups excluding carboxylic acids is 1. The molecule has 1 aliphatic heterocycles. The number of ether oxygens (including phenoxy) is 1. The maximum atomic E-state index is 12.2. The van der Waals surface area contributed by atoms with E-state index in [1.165, 1.54) is 0 Å². The summed E-state index contributed by atoms with van der Waals surface area (Å²) >= 11 is 0. The van der Waals surface area contributed by atoms with E-state index < -0.39 is 0 Å². The third-order valence-corrected chi connectivity index (χ3v) is 4.04. The Morgan fingerprint density at radius 3 is 2.56 bits per heavy atom. The summed E-state index contributed by atoms with van der Waals surface area (Å²) in [6.07, 6.45) is 5.02. The second-order valence-corrected chi connectivity index (χ2v) is 5.51. The first-order chi connectivity index (χ1) is 7.60. The van der Waals surface area contributed by atoms with Gasteiger partial charge < -0.3 is 15.8 Å². The van der Waals surface area contributed by atoms with Crippen molar-refractivity contribution in [3.63, 3.8) is 0 Å². The minimum absolute atomic E-state index is 0.134. The van der Waals surface area contributed by atoms with Crippen LogP contribution in [0, 0.1) is 5.41 Å². The molecule has 2 aliphatic rings. The van der Waals surface area contributed by atoms with Gasteiger partial charge in [0.25, 0.3) is 0 Å². The van der Waals surface area contributed by atoms with Crippen LogP contribution >= 0.6 is 0 Å². The van der Waals surface area contributed by atoms with Gasteiger partial charge in [0.2, 0.25) is 5.91 Å². The Labute approximate surface area is 96.9 Å². The highest BCUT2D eigenvalue weighted by molar-refractivity contribution is 5.84. The molecule has 2 fully saturated rings. The largest absolute Gasteiger partial charge is 0.379 e. The predicted octanol–water partition coefficient (Wildman–Crippen LogP) is 0.801. The van der Waals surface area contributed by atoms with Gasteiger partial charge in [-0.25, -0.2) is 0 Å². The molecule has 2 rings (SSSR count). The fourth-order valence-electron chi connectivity index (χ4n) is 2.57. The molecule has 0 aromatic carbocycles. The molecule has 16 heavy (non-hydrogen) atoms. The number of nitrogens with one attached hydrogen (secondary N) is 1. The van der Waals surface area contributed by atoms with E-state index in [4.69, 9.17) is 10.5 Å². The molecule has 3 N–H and O–H groups in total. The lowest BCUT2D eigenvalue weighted by molar-refractivity contribution is -0.138. The maximum Gasteiger partial charge on any atom is 0.227 e. The molecule has 0 bridgehead atoms. The number of rotatable bonds is 3. The third-order valence-electron chi connectivity index (χ3n) is 4.04. The van der Waals surface area contributed by atoms with Crippen molar-refractivity contribution in [3.8, 4) is 0 Å². The Morgan fingerprint density at radius 1 is 1.38 bits per heavy atom. The van der Waals surface area contributed by atoms with Crippen molar-refractivity contribution in [1.29, 1.82) is 0 Å². The fourth-order valence-corrected chi connectivity index (χ4v) is 2.57. The molecular weight excluding hydrogens is 204 g/mol. The van der Waals surface area contributed by atoms with Crippen LogP contribution in [-0.4, -0.2) is 31.2 Å². The van der Waals surface area contributed by atoms with Gasteiger partial charge in [0.05, 0.1) is 17.6 Å². The minimum Gasteiger partial charge on any atom is -0.379 e. The normalized spacial score (nSPS) is 32.9. The Bertz CT molecular complexity index is 263. The molecule has 1 heterocycles. The van der Waals surface area contributed by atoms with Crippen molar-refractivity contribution in [2.75, 3.05) is 19.8 Å². The molecular formula is C12H22N2O2. The highest BCUT2D eigenvalue weighted by Gasteiger charge is 2.45. The lowest BCUT2D eigenvalue weighted by Crippen LogP contribution is -2.59. The van der Waals surface area contributed by atoms with Crippen molar-refractivity contribution in [2.24, 2.45) is 11.1 Å². The molecule has 1 saturated carbocycles. The monoisotopic (exact) mass is 226 g/mol. The van der Waals surface area contributed by atoms with E-state index in [2.05, 4.69) is 12.2 Å². The van der Waals surface area contributed by atoms with Gasteiger partial charge in [0.1, 0.15) is 0 Å². The van der Waals surface area contributed by atoms with Gasteiger partial charge in [-0.1, -0.05) is 6.42 Å². The van der Waals surface area contributed by atoms with Crippen LogP contribution in [0.25, 0.3) is 0 Å². The standard InChI is InChI=1S/C12H22N2O2/c1-11(4-3-7-16-9-11)14-10(15)12(8-13)5-2-6-12/h2-9,13H2,1H3,(H,14,15). The Balaban J connectivity index is 1.95. The van der Waals surface area contributed by atoms with E-state index >= 15 is 0 Å². The van der Waals surface area contributed by atoms with Crippen LogP contribution in [0.4, 0.5) is 0 Å². The van der Waals surface area contributed by atoms with E-state index in [0.717, 1.165) is 38.7 Å². The van der Waals surface area contributed by atoms with Crippen LogP contribution in [0.3, 0.4) is 0 Å². The zero-order chi connectivity index (χ0) is 11.6. The van der Waals surface area contributed by atoms with Crippen LogP contribution in [0.1, 0.15) is 39.0 Å². The molecule has 1 amide bonds. The van der Waals surface area contributed by atoms with Gasteiger partial charge in [-0.3, -0.25) is 4.79 Å². The molecule has 1 saturated heterocycles. The van der Waals surface area contributed by atoms with Crippen LogP contribution in [0.5, 0.6) is 0 Å². The Kier molecular flexibility index (Phi) is 3.22. The van der Waals surface area contributed by atoms with Crippen molar-refractivity contribution in [3.05, 3.63) is 0 Å². The number of amides is 1. The highest BCUT2D eigenvalue weighted by atomic mass is 16.5. The molecule has 1 aliphatic carbocycles. The SMILES string of the molecule is CC1(NC(=O)C2(CN)CCC2)CCCOC1. The smallest absolute Gasteiger partial charge is 0.227 e. The second-order valence-electron chi connectivity index (χ2n) is 5.51. The van der Waals surface area contributed by atoms with Gasteiger partial charge in [-0.05, 0) is 32.6 Å². The summed E-state index contributed by atoms with van der Waals surface area (Å²) in [5.74, 6) is 0.134. The third kappa shape index (κ3) is 2.09. The molecule has 0 spiro atoms. The molecule has 4 nitrogen and oxygen atoms in total. The topological polar surface area (TPSA) is 64.4 Å². The zero-order valence-electron chi connectivity index (χ0n) is 10.1. The van der Waals surface area contributed by atoms with Crippen molar-refractivity contribution in [1.82, 2.24) is 5.32 Å². The maximum absolute atomic E-state index is 12.2. The van der Waals surface area contributed by atoms with Crippen LogP contribution in [0.15, 0.2) is 0 Å². The van der Waals surface area contributed by atoms with Crippen LogP contribution in [0.2, 0.25) is 0 Å². The number of hydrogen-bond donors (Lipinski definition) is 2. The lowest BCUT2D eigenvalue weighted by atomic mass is 9.67. The molecule has 0 aromatic rings. The summed E-state index contributed by atoms with van der Waals surface area (Å²) in [5, 5.41) is 3.14. The summed E-state index contributed by atoms with van der Waals surface area (Å²) < 4.78 is 5.44. The van der Waals surface area contributed by atoms with Gasteiger partial charge in [0.15, 0.2) is 0 Å². The number of nitrogens with two attached hydrogens (primary N) is 1. The summed E-state index contributed by atoms with van der Waals surface area (Å²) in [7, 11) is 0. The number of hydrogen-bond acceptors (Lipinski definition) is 3. The molecule has 0 aromatic heterocycles. The second kappa shape index (κ2) is 4.34.